The van der Waals surface area contributed by atoms with Crippen LogP contribution in [0.5, 0.6) is 5.75 Å². The molecule has 1 saturated heterocycles. The maximum atomic E-state index is 12.6. The SMILES string of the molecule is Cc1ccc(/C(=C\[C@H]2CCC(=O)N2)c2ccc(OC3CCCC3)c(=O)[nH]2)cc1. The van der Waals surface area contributed by atoms with Gasteiger partial charge in [0.05, 0.1) is 6.10 Å². The average molecular weight is 378 g/mol. The maximum absolute atomic E-state index is 12.6. The smallest absolute Gasteiger partial charge is 0.290 e. The number of hydrogen-bond acceptors (Lipinski definition) is 3. The van der Waals surface area contributed by atoms with Gasteiger partial charge in [-0.05, 0) is 56.7 Å². The lowest BCUT2D eigenvalue weighted by Crippen LogP contribution is -2.24. The number of aryl methyl sites for hydroxylation is 1. The Hall–Kier alpha value is -2.82. The number of pyridine rings is 1. The molecule has 1 aliphatic carbocycles. The first-order chi connectivity index (χ1) is 13.6. The highest BCUT2D eigenvalue weighted by molar-refractivity contribution is 5.82. The number of ether oxygens (including phenoxy) is 1. The number of aromatic amines is 1. The van der Waals surface area contributed by atoms with Crippen molar-refractivity contribution in [2.75, 3.05) is 0 Å². The van der Waals surface area contributed by atoms with E-state index in [0.29, 0.717) is 12.2 Å². The van der Waals surface area contributed by atoms with Gasteiger partial charge in [0.2, 0.25) is 5.91 Å². The standard InChI is InChI=1S/C23H26N2O3/c1-15-6-8-16(9-7-15)19(14-17-10-13-22(26)24-17)20-11-12-21(23(27)25-20)28-18-4-2-3-5-18/h6-9,11-12,14,17-18H,2-5,10,13H2,1H3,(H,24,26)(H,25,27)/b19-14+/t17-/m1/s1. The molecule has 5 nitrogen and oxygen atoms in total. The van der Waals surface area contributed by atoms with E-state index in [9.17, 15) is 9.59 Å². The molecule has 4 rings (SSSR count). The van der Waals surface area contributed by atoms with E-state index in [0.717, 1.165) is 48.9 Å². The Kier molecular flexibility index (Phi) is 5.33. The number of hydrogen-bond donors (Lipinski definition) is 2. The van der Waals surface area contributed by atoms with Crippen molar-refractivity contribution in [2.45, 2.75) is 57.6 Å². The van der Waals surface area contributed by atoms with Gasteiger partial charge in [-0.15, -0.1) is 0 Å². The molecular weight excluding hydrogens is 352 g/mol. The van der Waals surface area contributed by atoms with E-state index < -0.39 is 0 Å². The summed E-state index contributed by atoms with van der Waals surface area (Å²) in [4.78, 5) is 27.2. The summed E-state index contributed by atoms with van der Waals surface area (Å²) in [6.45, 7) is 2.04. The third-order valence-corrected chi connectivity index (χ3v) is 5.52. The van der Waals surface area contributed by atoms with Crippen molar-refractivity contribution in [3.63, 3.8) is 0 Å². The van der Waals surface area contributed by atoms with Crippen LogP contribution in [0, 0.1) is 6.92 Å². The van der Waals surface area contributed by atoms with E-state index >= 15 is 0 Å². The summed E-state index contributed by atoms with van der Waals surface area (Å²) >= 11 is 0. The van der Waals surface area contributed by atoms with Crippen LogP contribution in [0.4, 0.5) is 0 Å². The van der Waals surface area contributed by atoms with Gasteiger partial charge in [0, 0.05) is 23.7 Å². The number of benzene rings is 1. The van der Waals surface area contributed by atoms with Crippen LogP contribution in [0.15, 0.2) is 47.3 Å². The molecule has 1 aliphatic heterocycles. The quantitative estimate of drug-likeness (QED) is 0.833. The molecule has 146 valence electrons. The molecule has 1 aromatic heterocycles. The average Bonchev–Trinajstić information content (AvgIpc) is 3.34. The highest BCUT2D eigenvalue weighted by Crippen LogP contribution is 2.26. The normalized spacial score (nSPS) is 20.4. The van der Waals surface area contributed by atoms with Crippen LogP contribution >= 0.6 is 0 Å². The highest BCUT2D eigenvalue weighted by Gasteiger charge is 2.21. The molecule has 2 N–H and O–H groups in total. The molecule has 1 saturated carbocycles. The lowest BCUT2D eigenvalue weighted by Gasteiger charge is -2.15. The van der Waals surface area contributed by atoms with Gasteiger partial charge in [-0.2, -0.15) is 0 Å². The topological polar surface area (TPSA) is 71.2 Å². The number of aromatic nitrogens is 1. The number of carbonyl (C=O) groups excluding carboxylic acids is 1. The van der Waals surface area contributed by atoms with Crippen LogP contribution in [0.2, 0.25) is 0 Å². The molecule has 2 heterocycles. The monoisotopic (exact) mass is 378 g/mol. The minimum absolute atomic E-state index is 0.0262. The molecule has 0 spiro atoms. The number of nitrogens with one attached hydrogen (secondary N) is 2. The van der Waals surface area contributed by atoms with Crippen molar-refractivity contribution >= 4 is 11.5 Å². The highest BCUT2D eigenvalue weighted by atomic mass is 16.5. The predicted molar refractivity (Wildman–Crippen MR) is 109 cm³/mol. The predicted octanol–water partition coefficient (Wildman–Crippen LogP) is 3.72. The van der Waals surface area contributed by atoms with Crippen LogP contribution in [-0.2, 0) is 4.79 Å². The number of H-pyrrole nitrogens is 1. The van der Waals surface area contributed by atoms with Gasteiger partial charge >= 0.3 is 0 Å². The second-order valence-electron chi connectivity index (χ2n) is 7.75. The maximum Gasteiger partial charge on any atom is 0.290 e. The summed E-state index contributed by atoms with van der Waals surface area (Å²) in [5.74, 6) is 0.450. The Morgan fingerprint density at radius 1 is 1.04 bits per heavy atom. The van der Waals surface area contributed by atoms with Crippen molar-refractivity contribution in [1.82, 2.24) is 10.3 Å². The summed E-state index contributed by atoms with van der Waals surface area (Å²) < 4.78 is 5.89. The van der Waals surface area contributed by atoms with Crippen molar-refractivity contribution in [1.29, 1.82) is 0 Å². The second-order valence-corrected chi connectivity index (χ2v) is 7.75. The molecule has 2 aliphatic rings. The van der Waals surface area contributed by atoms with Gasteiger partial charge in [0.25, 0.3) is 5.56 Å². The van der Waals surface area contributed by atoms with Crippen LogP contribution in [-0.4, -0.2) is 23.0 Å². The van der Waals surface area contributed by atoms with Gasteiger partial charge in [-0.3, -0.25) is 9.59 Å². The largest absolute Gasteiger partial charge is 0.485 e. The fraction of sp³-hybridized carbons (Fsp3) is 0.391. The molecule has 0 bridgehead atoms. The Bertz CT molecular complexity index is 937. The van der Waals surface area contributed by atoms with Crippen LogP contribution < -0.4 is 15.6 Å². The van der Waals surface area contributed by atoms with E-state index in [1.165, 1.54) is 5.56 Å². The molecule has 1 aromatic carbocycles. The molecule has 1 atom stereocenters. The number of carbonyl (C=O) groups is 1. The fourth-order valence-corrected chi connectivity index (χ4v) is 3.93. The summed E-state index contributed by atoms with van der Waals surface area (Å²) in [5.41, 5.74) is 3.61. The summed E-state index contributed by atoms with van der Waals surface area (Å²) in [5, 5.41) is 2.98. The molecule has 2 aromatic rings. The van der Waals surface area contributed by atoms with Gasteiger partial charge in [-0.25, -0.2) is 0 Å². The van der Waals surface area contributed by atoms with Gasteiger partial charge in [0.15, 0.2) is 5.75 Å². The number of rotatable bonds is 5. The van der Waals surface area contributed by atoms with E-state index in [4.69, 9.17) is 4.74 Å². The third kappa shape index (κ3) is 4.19. The van der Waals surface area contributed by atoms with Crippen LogP contribution in [0.25, 0.3) is 5.57 Å². The zero-order valence-corrected chi connectivity index (χ0v) is 16.2. The van der Waals surface area contributed by atoms with Crippen molar-refractivity contribution in [3.8, 4) is 5.75 Å². The van der Waals surface area contributed by atoms with E-state index in [1.54, 1.807) is 6.07 Å². The zero-order chi connectivity index (χ0) is 19.5. The van der Waals surface area contributed by atoms with Crippen molar-refractivity contribution in [2.24, 2.45) is 0 Å². The van der Waals surface area contributed by atoms with Gasteiger partial charge < -0.3 is 15.0 Å². The van der Waals surface area contributed by atoms with E-state index in [2.05, 4.69) is 10.3 Å². The first-order valence-corrected chi connectivity index (χ1v) is 10.1. The first kappa shape index (κ1) is 18.5. The Balaban J connectivity index is 1.66. The molecule has 2 fully saturated rings. The van der Waals surface area contributed by atoms with E-state index in [-0.39, 0.29) is 23.6 Å². The zero-order valence-electron chi connectivity index (χ0n) is 16.2. The van der Waals surface area contributed by atoms with Gasteiger partial charge in [-0.1, -0.05) is 35.9 Å². The molecule has 5 heteroatoms. The Labute approximate surface area is 164 Å². The van der Waals surface area contributed by atoms with E-state index in [1.807, 2.05) is 43.3 Å². The Morgan fingerprint density at radius 3 is 2.43 bits per heavy atom. The minimum atomic E-state index is -0.210. The summed E-state index contributed by atoms with van der Waals surface area (Å²) in [7, 11) is 0. The van der Waals surface area contributed by atoms with Crippen LogP contribution in [0.1, 0.15) is 55.3 Å². The van der Waals surface area contributed by atoms with Crippen molar-refractivity contribution < 1.29 is 9.53 Å². The molecular formula is C23H26N2O3. The van der Waals surface area contributed by atoms with Gasteiger partial charge in [0.1, 0.15) is 0 Å². The third-order valence-electron chi connectivity index (χ3n) is 5.52. The Morgan fingerprint density at radius 2 is 1.79 bits per heavy atom. The molecule has 1 amide bonds. The molecule has 28 heavy (non-hydrogen) atoms. The fourth-order valence-electron chi connectivity index (χ4n) is 3.93. The van der Waals surface area contributed by atoms with Crippen LogP contribution in [0.3, 0.4) is 0 Å². The minimum Gasteiger partial charge on any atom is -0.485 e. The summed E-state index contributed by atoms with van der Waals surface area (Å²) in [6.07, 6.45) is 7.83. The lowest BCUT2D eigenvalue weighted by molar-refractivity contribution is -0.119. The second kappa shape index (κ2) is 8.05. The lowest BCUT2D eigenvalue weighted by atomic mass is 9.98. The van der Waals surface area contributed by atoms with Crippen molar-refractivity contribution in [3.05, 3.63) is 69.6 Å². The molecule has 0 unspecified atom stereocenters. The molecule has 0 radical (unpaired) electrons. The first-order valence-electron chi connectivity index (χ1n) is 10.1. The summed E-state index contributed by atoms with van der Waals surface area (Å²) in [6, 6.07) is 11.8. The number of amides is 1.